The highest BCUT2D eigenvalue weighted by Crippen LogP contribution is 2.41. The predicted octanol–water partition coefficient (Wildman–Crippen LogP) is 5.38. The van der Waals surface area contributed by atoms with E-state index in [1.165, 1.54) is 18.1 Å². The normalized spacial score (nSPS) is 16.8. The average molecular weight is 508 g/mol. The highest BCUT2D eigenvalue weighted by molar-refractivity contribution is 6.46. The molecule has 0 spiro atoms. The first-order chi connectivity index (χ1) is 17.4. The first-order valence-corrected chi connectivity index (χ1v) is 11.7. The zero-order chi connectivity index (χ0) is 25.8. The number of rotatable bonds is 8. The third-order valence-corrected chi connectivity index (χ3v) is 6.25. The summed E-state index contributed by atoms with van der Waals surface area (Å²) in [6.07, 6.45) is 0. The molecule has 8 heteroatoms. The second-order valence-electron chi connectivity index (χ2n) is 8.13. The Morgan fingerprint density at radius 1 is 0.972 bits per heavy atom. The van der Waals surface area contributed by atoms with Gasteiger partial charge >= 0.3 is 0 Å². The van der Waals surface area contributed by atoms with E-state index in [1.54, 1.807) is 43.5 Å². The molecule has 0 radical (unpaired) electrons. The summed E-state index contributed by atoms with van der Waals surface area (Å²) in [5.74, 6) is -0.0821. The number of nitrogens with zero attached hydrogens (tertiary/aromatic N) is 1. The number of methoxy groups -OCH3 is 2. The fourth-order valence-corrected chi connectivity index (χ4v) is 4.50. The van der Waals surface area contributed by atoms with Crippen molar-refractivity contribution in [2.75, 3.05) is 20.8 Å². The van der Waals surface area contributed by atoms with Crippen molar-refractivity contribution in [3.8, 4) is 17.2 Å². The largest absolute Gasteiger partial charge is 0.507 e. The van der Waals surface area contributed by atoms with Gasteiger partial charge in [-0.1, -0.05) is 35.9 Å². The maximum Gasteiger partial charge on any atom is 0.295 e. The Morgan fingerprint density at radius 2 is 1.72 bits per heavy atom. The third kappa shape index (κ3) is 4.88. The van der Waals surface area contributed by atoms with Crippen molar-refractivity contribution in [3.05, 3.63) is 94.0 Å². The molecule has 3 aromatic rings. The fraction of sp³-hybridized carbons (Fsp3) is 0.214. The number of halogens is 1. The Labute approximate surface area is 214 Å². The molecule has 186 valence electrons. The number of likely N-dealkylation sites (tertiary alicyclic amines) is 1. The van der Waals surface area contributed by atoms with Gasteiger partial charge in [0.05, 0.1) is 37.5 Å². The van der Waals surface area contributed by atoms with E-state index in [4.69, 9.17) is 25.8 Å². The summed E-state index contributed by atoms with van der Waals surface area (Å²) < 4.78 is 16.0. The summed E-state index contributed by atoms with van der Waals surface area (Å²) in [7, 11) is 3.04. The maximum atomic E-state index is 13.3. The first-order valence-electron chi connectivity index (χ1n) is 11.4. The maximum absolute atomic E-state index is 13.3. The smallest absolute Gasteiger partial charge is 0.295 e. The fourth-order valence-electron chi connectivity index (χ4n) is 4.24. The summed E-state index contributed by atoms with van der Waals surface area (Å²) in [6, 6.07) is 18.2. The number of aliphatic hydroxyl groups excluding tert-OH is 1. The molecule has 1 amide bonds. The molecular weight excluding hydrogens is 482 g/mol. The van der Waals surface area contributed by atoms with E-state index in [1.807, 2.05) is 31.2 Å². The van der Waals surface area contributed by atoms with E-state index in [2.05, 4.69) is 0 Å². The zero-order valence-electron chi connectivity index (χ0n) is 20.2. The Balaban J connectivity index is 1.83. The van der Waals surface area contributed by atoms with Gasteiger partial charge in [-0.3, -0.25) is 9.59 Å². The van der Waals surface area contributed by atoms with Crippen LogP contribution in [0.5, 0.6) is 17.2 Å². The van der Waals surface area contributed by atoms with Crippen molar-refractivity contribution in [3.63, 3.8) is 0 Å². The van der Waals surface area contributed by atoms with E-state index in [-0.39, 0.29) is 22.9 Å². The third-order valence-electron chi connectivity index (χ3n) is 5.96. The average Bonchev–Trinajstić information content (AvgIpc) is 3.13. The lowest BCUT2D eigenvalue weighted by atomic mass is 9.95. The molecule has 1 saturated heterocycles. The van der Waals surface area contributed by atoms with Gasteiger partial charge in [0.25, 0.3) is 11.7 Å². The van der Waals surface area contributed by atoms with Crippen molar-refractivity contribution in [1.82, 2.24) is 4.90 Å². The first kappa shape index (κ1) is 25.1. The van der Waals surface area contributed by atoms with Gasteiger partial charge in [0.1, 0.15) is 23.0 Å². The molecule has 0 saturated carbocycles. The molecule has 0 aliphatic carbocycles. The lowest BCUT2D eigenvalue weighted by Crippen LogP contribution is -2.29. The van der Waals surface area contributed by atoms with Gasteiger partial charge in [0, 0.05) is 12.1 Å². The Hall–Kier alpha value is -3.97. The van der Waals surface area contributed by atoms with Crippen LogP contribution in [0, 0.1) is 0 Å². The lowest BCUT2D eigenvalue weighted by molar-refractivity contribution is -0.140. The van der Waals surface area contributed by atoms with Crippen molar-refractivity contribution < 1.29 is 28.9 Å². The van der Waals surface area contributed by atoms with Gasteiger partial charge in [-0.15, -0.1) is 0 Å². The van der Waals surface area contributed by atoms with Gasteiger partial charge in [-0.2, -0.15) is 0 Å². The molecule has 4 rings (SSSR count). The number of carbonyl (C=O) groups excluding carboxylic acids is 2. The summed E-state index contributed by atoms with van der Waals surface area (Å²) >= 11 is 6.26. The molecule has 1 N–H and O–H groups in total. The van der Waals surface area contributed by atoms with Crippen molar-refractivity contribution in [2.24, 2.45) is 0 Å². The number of ketones is 1. The number of hydrogen-bond donors (Lipinski definition) is 1. The van der Waals surface area contributed by atoms with Crippen LogP contribution in [0.4, 0.5) is 0 Å². The summed E-state index contributed by atoms with van der Waals surface area (Å²) in [5.41, 5.74) is 1.72. The minimum absolute atomic E-state index is 0.0210. The van der Waals surface area contributed by atoms with E-state index in [9.17, 15) is 14.7 Å². The van der Waals surface area contributed by atoms with Crippen LogP contribution in [0.15, 0.2) is 72.3 Å². The van der Waals surface area contributed by atoms with Crippen LogP contribution >= 0.6 is 11.6 Å². The van der Waals surface area contributed by atoms with E-state index < -0.39 is 17.7 Å². The minimum atomic E-state index is -0.826. The molecule has 7 nitrogen and oxygen atoms in total. The molecule has 0 aromatic heterocycles. The quantitative estimate of drug-likeness (QED) is 0.250. The molecule has 1 aliphatic heterocycles. The minimum Gasteiger partial charge on any atom is -0.507 e. The Morgan fingerprint density at radius 3 is 2.36 bits per heavy atom. The molecule has 1 unspecified atom stereocenters. The summed E-state index contributed by atoms with van der Waals surface area (Å²) in [4.78, 5) is 28.0. The van der Waals surface area contributed by atoms with Crippen LogP contribution in [0.25, 0.3) is 5.76 Å². The molecule has 36 heavy (non-hydrogen) atoms. The monoisotopic (exact) mass is 507 g/mol. The molecular formula is C28H26ClNO6. The Kier molecular flexibility index (Phi) is 7.50. The predicted molar refractivity (Wildman–Crippen MR) is 136 cm³/mol. The zero-order valence-corrected chi connectivity index (χ0v) is 20.9. The van der Waals surface area contributed by atoms with Gasteiger partial charge < -0.3 is 24.2 Å². The Bertz CT molecular complexity index is 1320. The highest BCUT2D eigenvalue weighted by Gasteiger charge is 2.46. The number of carbonyl (C=O) groups is 2. The topological polar surface area (TPSA) is 85.3 Å². The van der Waals surface area contributed by atoms with Gasteiger partial charge in [0.15, 0.2) is 0 Å². The van der Waals surface area contributed by atoms with E-state index >= 15 is 0 Å². The van der Waals surface area contributed by atoms with Crippen LogP contribution in [0.3, 0.4) is 0 Å². The van der Waals surface area contributed by atoms with Crippen LogP contribution in [-0.4, -0.2) is 42.5 Å². The van der Waals surface area contributed by atoms with Crippen LogP contribution in [0.2, 0.25) is 5.02 Å². The van der Waals surface area contributed by atoms with Crippen LogP contribution in [0.1, 0.15) is 29.7 Å². The lowest BCUT2D eigenvalue weighted by Gasteiger charge is -2.26. The second kappa shape index (κ2) is 10.7. The summed E-state index contributed by atoms with van der Waals surface area (Å²) in [6.45, 7) is 2.53. The van der Waals surface area contributed by atoms with E-state index in [0.29, 0.717) is 35.0 Å². The van der Waals surface area contributed by atoms with Crippen LogP contribution < -0.4 is 14.2 Å². The molecule has 1 fully saturated rings. The SMILES string of the molecule is CCOc1cccc(CN2C(=O)C(=O)/C(=C(\O)c3ccc(OC)c(Cl)c3)C2c2ccc(OC)cc2)c1. The van der Waals surface area contributed by atoms with E-state index in [0.717, 1.165) is 5.56 Å². The molecule has 1 heterocycles. The molecule has 1 aliphatic rings. The molecule has 1 atom stereocenters. The van der Waals surface area contributed by atoms with Gasteiger partial charge in [0.2, 0.25) is 0 Å². The van der Waals surface area contributed by atoms with Gasteiger partial charge in [-0.25, -0.2) is 0 Å². The van der Waals surface area contributed by atoms with Crippen molar-refractivity contribution in [1.29, 1.82) is 0 Å². The van der Waals surface area contributed by atoms with Crippen LogP contribution in [-0.2, 0) is 16.1 Å². The highest BCUT2D eigenvalue weighted by atomic mass is 35.5. The van der Waals surface area contributed by atoms with Crippen molar-refractivity contribution >= 4 is 29.1 Å². The number of amides is 1. The number of Topliss-reactive ketones (excluding diaryl/α,β-unsaturated/α-hetero) is 1. The van der Waals surface area contributed by atoms with Gasteiger partial charge in [-0.05, 0) is 60.5 Å². The van der Waals surface area contributed by atoms with Crippen molar-refractivity contribution in [2.45, 2.75) is 19.5 Å². The number of hydrogen-bond acceptors (Lipinski definition) is 6. The molecule has 3 aromatic carbocycles. The standard InChI is InChI=1S/C28H26ClNO6/c1-4-36-21-7-5-6-17(14-21)16-30-25(18-8-11-20(34-2)12-9-18)24(27(32)28(30)33)26(31)19-10-13-23(35-3)22(29)15-19/h5-15,25,31H,4,16H2,1-3H3/b26-24-. The number of ether oxygens (including phenoxy) is 3. The second-order valence-corrected chi connectivity index (χ2v) is 8.54. The molecule has 0 bridgehead atoms. The summed E-state index contributed by atoms with van der Waals surface area (Å²) in [5, 5.41) is 11.5. The number of aliphatic hydroxyl groups is 1. The number of benzene rings is 3.